The second-order valence-electron chi connectivity index (χ2n) is 5.55. The van der Waals surface area contributed by atoms with Crippen LogP contribution in [0.15, 0.2) is 71.1 Å². The Hall–Kier alpha value is -3.01. The molecule has 0 saturated heterocycles. The molecule has 1 atom stereocenters. The molecule has 4 heteroatoms. The highest BCUT2D eigenvalue weighted by molar-refractivity contribution is 5.97. The number of carbonyl (C=O) groups is 1. The van der Waals surface area contributed by atoms with Crippen molar-refractivity contribution in [3.63, 3.8) is 0 Å². The first-order chi connectivity index (χ1) is 11.6. The fourth-order valence-corrected chi connectivity index (χ4v) is 2.39. The number of aryl methyl sites for hydroxylation is 1. The summed E-state index contributed by atoms with van der Waals surface area (Å²) in [4.78, 5) is 12.6. The predicted octanol–water partition coefficient (Wildman–Crippen LogP) is 4.87. The fourth-order valence-electron chi connectivity index (χ4n) is 2.39. The Morgan fingerprint density at radius 1 is 1.00 bits per heavy atom. The molecule has 2 aromatic carbocycles. The zero-order valence-corrected chi connectivity index (χ0v) is 13.7. The summed E-state index contributed by atoms with van der Waals surface area (Å²) < 4.78 is 11.4. The van der Waals surface area contributed by atoms with E-state index >= 15 is 0 Å². The molecule has 0 spiro atoms. The van der Waals surface area contributed by atoms with Crippen LogP contribution in [0.1, 0.15) is 34.8 Å². The van der Waals surface area contributed by atoms with Gasteiger partial charge in [-0.1, -0.05) is 30.3 Å². The number of benzene rings is 2. The van der Waals surface area contributed by atoms with Crippen molar-refractivity contribution >= 4 is 5.91 Å². The number of nitrogens with one attached hydrogen (secondary N) is 1. The minimum atomic E-state index is -0.226. The van der Waals surface area contributed by atoms with Gasteiger partial charge >= 0.3 is 0 Å². The van der Waals surface area contributed by atoms with Crippen molar-refractivity contribution in [2.45, 2.75) is 19.9 Å². The SMILES string of the molecule is Cc1ccc(C(C)NC(=O)c2ccccc2Oc2ccccc2)o1. The van der Waals surface area contributed by atoms with Crippen LogP contribution < -0.4 is 10.1 Å². The van der Waals surface area contributed by atoms with Crippen molar-refractivity contribution < 1.29 is 13.9 Å². The fraction of sp³-hybridized carbons (Fsp3) is 0.150. The number of para-hydroxylation sites is 2. The molecule has 3 rings (SSSR count). The van der Waals surface area contributed by atoms with Gasteiger partial charge in [-0.2, -0.15) is 0 Å². The Labute approximate surface area is 141 Å². The predicted molar refractivity (Wildman–Crippen MR) is 92.3 cm³/mol. The van der Waals surface area contributed by atoms with Gasteiger partial charge in [-0.25, -0.2) is 0 Å². The molecule has 1 aromatic heterocycles. The van der Waals surface area contributed by atoms with Gasteiger partial charge in [-0.15, -0.1) is 0 Å². The van der Waals surface area contributed by atoms with Gasteiger partial charge in [-0.3, -0.25) is 4.79 Å². The molecule has 1 unspecified atom stereocenters. The van der Waals surface area contributed by atoms with Gasteiger partial charge in [0.2, 0.25) is 0 Å². The average molecular weight is 321 g/mol. The Kier molecular flexibility index (Phi) is 4.66. The van der Waals surface area contributed by atoms with Crippen molar-refractivity contribution in [1.82, 2.24) is 5.32 Å². The van der Waals surface area contributed by atoms with Crippen LogP contribution in [0.5, 0.6) is 11.5 Å². The molecule has 0 bridgehead atoms. The molecule has 3 aromatic rings. The molecule has 0 aliphatic carbocycles. The van der Waals surface area contributed by atoms with Gasteiger partial charge in [0.25, 0.3) is 5.91 Å². The molecule has 0 radical (unpaired) electrons. The van der Waals surface area contributed by atoms with Crippen LogP contribution in [-0.2, 0) is 0 Å². The monoisotopic (exact) mass is 321 g/mol. The molecule has 0 aliphatic rings. The summed E-state index contributed by atoms with van der Waals surface area (Å²) in [5, 5.41) is 2.94. The highest BCUT2D eigenvalue weighted by Gasteiger charge is 2.17. The number of ether oxygens (including phenoxy) is 1. The normalized spacial score (nSPS) is 11.8. The Balaban J connectivity index is 1.77. The lowest BCUT2D eigenvalue weighted by Crippen LogP contribution is -2.26. The van der Waals surface area contributed by atoms with E-state index in [0.717, 1.165) is 11.5 Å². The lowest BCUT2D eigenvalue weighted by Gasteiger charge is -2.14. The van der Waals surface area contributed by atoms with Gasteiger partial charge in [0.05, 0.1) is 11.6 Å². The first-order valence-electron chi connectivity index (χ1n) is 7.82. The molecule has 4 nitrogen and oxygen atoms in total. The van der Waals surface area contributed by atoms with Crippen LogP contribution in [0.4, 0.5) is 0 Å². The van der Waals surface area contributed by atoms with Gasteiger partial charge in [-0.05, 0) is 50.2 Å². The lowest BCUT2D eigenvalue weighted by molar-refractivity contribution is 0.0933. The number of furan rings is 1. The zero-order chi connectivity index (χ0) is 16.9. The van der Waals surface area contributed by atoms with Crippen molar-refractivity contribution in [2.75, 3.05) is 0 Å². The van der Waals surface area contributed by atoms with Gasteiger partial charge in [0.15, 0.2) is 0 Å². The summed E-state index contributed by atoms with van der Waals surface area (Å²) in [5.41, 5.74) is 0.483. The standard InChI is InChI=1S/C20H19NO3/c1-14-12-13-18(23-14)15(2)21-20(22)17-10-6-7-11-19(17)24-16-8-4-3-5-9-16/h3-13,15H,1-2H3,(H,21,22). The van der Waals surface area contributed by atoms with Gasteiger partial charge in [0.1, 0.15) is 23.0 Å². The molecular formula is C20H19NO3. The van der Waals surface area contributed by atoms with Crippen LogP contribution in [-0.4, -0.2) is 5.91 Å². The first-order valence-corrected chi connectivity index (χ1v) is 7.82. The smallest absolute Gasteiger partial charge is 0.255 e. The van der Waals surface area contributed by atoms with E-state index in [0.29, 0.717) is 17.1 Å². The maximum absolute atomic E-state index is 12.6. The summed E-state index contributed by atoms with van der Waals surface area (Å²) in [5.74, 6) is 2.54. The lowest BCUT2D eigenvalue weighted by atomic mass is 10.1. The molecule has 1 N–H and O–H groups in total. The maximum atomic E-state index is 12.6. The average Bonchev–Trinajstić information content (AvgIpc) is 3.03. The van der Waals surface area contributed by atoms with E-state index in [1.54, 1.807) is 12.1 Å². The van der Waals surface area contributed by atoms with E-state index in [2.05, 4.69) is 5.32 Å². The number of hydrogen-bond donors (Lipinski definition) is 1. The first kappa shape index (κ1) is 15.9. The largest absolute Gasteiger partial charge is 0.464 e. The van der Waals surface area contributed by atoms with E-state index in [4.69, 9.17) is 9.15 Å². The summed E-state index contributed by atoms with van der Waals surface area (Å²) in [6.45, 7) is 3.76. The van der Waals surface area contributed by atoms with E-state index in [1.165, 1.54) is 0 Å². The van der Waals surface area contributed by atoms with E-state index in [1.807, 2.05) is 68.4 Å². The topological polar surface area (TPSA) is 51.5 Å². The third-order valence-electron chi connectivity index (χ3n) is 3.64. The molecule has 0 fully saturated rings. The third kappa shape index (κ3) is 3.66. The number of hydrogen-bond acceptors (Lipinski definition) is 3. The molecular weight excluding hydrogens is 302 g/mol. The molecule has 0 aliphatic heterocycles. The molecule has 24 heavy (non-hydrogen) atoms. The number of rotatable bonds is 5. The van der Waals surface area contributed by atoms with Crippen LogP contribution >= 0.6 is 0 Å². The highest BCUT2D eigenvalue weighted by Crippen LogP contribution is 2.26. The van der Waals surface area contributed by atoms with E-state index in [-0.39, 0.29) is 11.9 Å². The minimum Gasteiger partial charge on any atom is -0.464 e. The second kappa shape index (κ2) is 7.04. The Morgan fingerprint density at radius 2 is 1.71 bits per heavy atom. The van der Waals surface area contributed by atoms with Crippen LogP contribution in [0.25, 0.3) is 0 Å². The van der Waals surface area contributed by atoms with Crippen LogP contribution in [0, 0.1) is 6.92 Å². The summed E-state index contributed by atoms with van der Waals surface area (Å²) in [6.07, 6.45) is 0. The molecule has 1 heterocycles. The Bertz CT molecular complexity index is 824. The minimum absolute atomic E-state index is 0.205. The summed E-state index contributed by atoms with van der Waals surface area (Å²) >= 11 is 0. The van der Waals surface area contributed by atoms with Crippen molar-refractivity contribution in [2.24, 2.45) is 0 Å². The zero-order valence-electron chi connectivity index (χ0n) is 13.7. The second-order valence-corrected chi connectivity index (χ2v) is 5.55. The number of amides is 1. The number of carbonyl (C=O) groups excluding carboxylic acids is 1. The van der Waals surface area contributed by atoms with Crippen molar-refractivity contribution in [1.29, 1.82) is 0 Å². The maximum Gasteiger partial charge on any atom is 0.255 e. The molecule has 1 amide bonds. The van der Waals surface area contributed by atoms with E-state index < -0.39 is 0 Å². The van der Waals surface area contributed by atoms with Crippen molar-refractivity contribution in [3.05, 3.63) is 83.8 Å². The van der Waals surface area contributed by atoms with Gasteiger partial charge in [0, 0.05) is 0 Å². The van der Waals surface area contributed by atoms with Crippen molar-refractivity contribution in [3.8, 4) is 11.5 Å². The van der Waals surface area contributed by atoms with E-state index in [9.17, 15) is 4.79 Å². The highest BCUT2D eigenvalue weighted by atomic mass is 16.5. The Morgan fingerprint density at radius 3 is 2.42 bits per heavy atom. The molecule has 0 saturated carbocycles. The quantitative estimate of drug-likeness (QED) is 0.729. The summed E-state index contributed by atoms with van der Waals surface area (Å²) in [7, 11) is 0. The molecule has 122 valence electrons. The summed E-state index contributed by atoms with van der Waals surface area (Å²) in [6, 6.07) is 20.1. The van der Waals surface area contributed by atoms with Gasteiger partial charge < -0.3 is 14.5 Å². The third-order valence-corrected chi connectivity index (χ3v) is 3.64. The van der Waals surface area contributed by atoms with Crippen LogP contribution in [0.3, 0.4) is 0 Å². The van der Waals surface area contributed by atoms with Crippen LogP contribution in [0.2, 0.25) is 0 Å².